The van der Waals surface area contributed by atoms with Crippen LogP contribution in [0.25, 0.3) is 27.6 Å². The second-order valence-corrected chi connectivity index (χ2v) is 19.1. The fourth-order valence-electron chi connectivity index (χ4n) is 9.88. The third-order valence-electron chi connectivity index (χ3n) is 13.3. The van der Waals surface area contributed by atoms with Gasteiger partial charge < -0.3 is 34.3 Å². The van der Waals surface area contributed by atoms with Gasteiger partial charge in [0.1, 0.15) is 23.9 Å². The zero-order valence-electron chi connectivity index (χ0n) is 40.7. The third kappa shape index (κ3) is 10.9. The van der Waals surface area contributed by atoms with Gasteiger partial charge in [-0.15, -0.1) is 0 Å². The van der Waals surface area contributed by atoms with Crippen LogP contribution in [0.1, 0.15) is 84.5 Å². The van der Waals surface area contributed by atoms with E-state index in [-0.39, 0.29) is 55.7 Å². The molecule has 3 aromatic rings. The Labute approximate surface area is 394 Å². The molecule has 4 amide bonds. The van der Waals surface area contributed by atoms with Crippen LogP contribution in [0.15, 0.2) is 72.4 Å². The van der Waals surface area contributed by atoms with Crippen LogP contribution in [-0.4, -0.2) is 125 Å². The van der Waals surface area contributed by atoms with E-state index in [1.807, 2.05) is 45.9 Å². The van der Waals surface area contributed by atoms with Gasteiger partial charge in [0.05, 0.1) is 30.0 Å². The molecule has 0 saturated carbocycles. The van der Waals surface area contributed by atoms with E-state index >= 15 is 0 Å². The number of phenolic OH excluding ortho intramolecular Hbond substituents is 1. The lowest BCUT2D eigenvalue weighted by Crippen LogP contribution is -2.62. The first-order chi connectivity index (χ1) is 31.9. The molecule has 6 bridgehead atoms. The number of rotatable bonds is 12. The van der Waals surface area contributed by atoms with E-state index in [9.17, 15) is 29.1 Å². The van der Waals surface area contributed by atoms with Crippen LogP contribution in [0.4, 0.5) is 0 Å². The van der Waals surface area contributed by atoms with Crippen molar-refractivity contribution in [2.45, 2.75) is 111 Å². The lowest BCUT2D eigenvalue weighted by Gasteiger charge is -2.37. The maximum Gasteiger partial charge on any atom is 0.324 e. The zero-order valence-corrected chi connectivity index (χ0v) is 40.7. The number of hydrazine groups is 1. The van der Waals surface area contributed by atoms with Gasteiger partial charge in [-0.3, -0.25) is 34.0 Å². The minimum Gasteiger partial charge on any atom is -0.508 e. The number of aromatic nitrogens is 1. The maximum atomic E-state index is 14.7. The SMILES string of the molecule is C=CC(=O)N1CC[C@H](C(=O)N(C)[C@H](C(=O)N[C@H]2Cc3cc(O)cc(c3)-c3ccc4c(c3)c(c(/C(C=C)=C(/N=C\C)[C@H](C)OC)n4CC)CC(C)(C)COC(=O)[C@@H]3CCCN(N3)C2=O)C(C)C)C1. The number of aryl methyl sites for hydroxylation is 1. The quantitative estimate of drug-likeness (QED) is 0.0825. The number of hydrogen-bond acceptors (Lipinski definition) is 10. The Kier molecular flexibility index (Phi) is 16.0. The first-order valence-corrected chi connectivity index (χ1v) is 23.5. The van der Waals surface area contributed by atoms with Gasteiger partial charge in [0.15, 0.2) is 0 Å². The second kappa shape index (κ2) is 21.3. The highest BCUT2D eigenvalue weighted by Gasteiger charge is 2.40. The number of ether oxygens (including phenoxy) is 2. The number of fused-ring (bicyclic) bond motifs is 6. The summed E-state index contributed by atoms with van der Waals surface area (Å²) in [5.41, 5.74) is 9.08. The van der Waals surface area contributed by atoms with Gasteiger partial charge in [0.25, 0.3) is 5.91 Å². The second-order valence-electron chi connectivity index (χ2n) is 19.1. The molecule has 0 radical (unpaired) electrons. The number of aromatic hydroxyl groups is 1. The van der Waals surface area contributed by atoms with Crippen molar-refractivity contribution in [1.29, 1.82) is 0 Å². The number of nitrogens with zero attached hydrogens (tertiary/aromatic N) is 5. The minimum atomic E-state index is -1.17. The molecule has 0 spiro atoms. The van der Waals surface area contributed by atoms with Crippen molar-refractivity contribution in [3.8, 4) is 16.9 Å². The molecule has 0 aliphatic carbocycles. The highest BCUT2D eigenvalue weighted by molar-refractivity contribution is 5.96. The number of esters is 1. The van der Waals surface area contributed by atoms with Crippen molar-refractivity contribution >= 4 is 52.3 Å². The number of cyclic esters (lactones) is 1. The number of allylic oxidation sites excluding steroid dienone is 2. The van der Waals surface area contributed by atoms with Crippen LogP contribution in [0.2, 0.25) is 0 Å². The molecule has 0 unspecified atom stereocenters. The summed E-state index contributed by atoms with van der Waals surface area (Å²) in [7, 11) is 3.23. The van der Waals surface area contributed by atoms with Gasteiger partial charge in [-0.1, -0.05) is 59.1 Å². The summed E-state index contributed by atoms with van der Waals surface area (Å²) in [6.07, 6.45) is 6.31. The van der Waals surface area contributed by atoms with Crippen molar-refractivity contribution < 1.29 is 38.6 Å². The number of amides is 4. The Hall–Kier alpha value is -6.06. The maximum absolute atomic E-state index is 14.7. The van der Waals surface area contributed by atoms with Crippen LogP contribution >= 0.6 is 0 Å². The fraction of sp³-hybridized carbons (Fsp3) is 0.500. The van der Waals surface area contributed by atoms with Crippen LogP contribution < -0.4 is 10.7 Å². The standard InChI is InChI=1S/C52H69N7O8/c1-12-38(45(53-14-3)32(7)66-11)47-40-28-52(8,9)30-67-51(65)41-17-16-21-59(55-41)50(64)42(25-33-23-36(26-37(60)24-33)34-18-19-43(39(40)27-34)58(47)15-4)54-48(62)46(31(5)6)56(10)49(63)35-20-22-57(29-35)44(61)13-2/h12-14,18-19,23-24,26-27,31-32,35,41-42,46,55,60H,1-2,15-17,20-22,25,28-30H2,3-11H3,(H,54,62)/b45-38+,53-14-/t32-,35-,41-,42-,46-/m0/s1. The number of phenols is 1. The smallest absolute Gasteiger partial charge is 0.324 e. The van der Waals surface area contributed by atoms with Gasteiger partial charge in [-0.2, -0.15) is 0 Å². The van der Waals surface area contributed by atoms with E-state index < -0.39 is 47.2 Å². The Morgan fingerprint density at radius 3 is 2.48 bits per heavy atom. The molecule has 2 saturated heterocycles. The van der Waals surface area contributed by atoms with Crippen molar-refractivity contribution in [1.82, 2.24) is 30.1 Å². The summed E-state index contributed by atoms with van der Waals surface area (Å²) < 4.78 is 14.2. The summed E-state index contributed by atoms with van der Waals surface area (Å²) in [5.74, 6) is -2.92. The van der Waals surface area contributed by atoms with Crippen molar-refractivity contribution in [3.63, 3.8) is 0 Å². The van der Waals surface area contributed by atoms with Gasteiger partial charge >= 0.3 is 5.97 Å². The number of likely N-dealkylation sites (tertiary alicyclic amines) is 1. The first kappa shape index (κ1) is 50.4. The first-order valence-electron chi connectivity index (χ1n) is 23.5. The van der Waals surface area contributed by atoms with E-state index in [2.05, 4.69) is 61.4 Å². The highest BCUT2D eigenvalue weighted by atomic mass is 16.5. The van der Waals surface area contributed by atoms with Gasteiger partial charge in [-0.25, -0.2) is 5.43 Å². The molecule has 5 atom stereocenters. The van der Waals surface area contributed by atoms with Crippen molar-refractivity contribution in [3.05, 3.63) is 84.2 Å². The number of methoxy groups -OCH3 is 1. The molecule has 1 aromatic heterocycles. The number of hydrogen-bond donors (Lipinski definition) is 3. The third-order valence-corrected chi connectivity index (χ3v) is 13.3. The molecule has 2 aromatic carbocycles. The summed E-state index contributed by atoms with van der Waals surface area (Å²) in [5, 5.41) is 16.7. The monoisotopic (exact) mass is 920 g/mol. The number of nitrogens with one attached hydrogen (secondary N) is 2. The average Bonchev–Trinajstić information content (AvgIpc) is 3.92. The Morgan fingerprint density at radius 1 is 1.07 bits per heavy atom. The molecule has 2 fully saturated rings. The molecule has 15 heteroatoms. The number of carbonyl (C=O) groups is 5. The van der Waals surface area contributed by atoms with Crippen LogP contribution in [0, 0.1) is 17.3 Å². The molecule has 6 rings (SSSR count). The number of likely N-dealkylation sites (N-methyl/N-ethyl adjacent to an activating group) is 1. The van der Waals surface area contributed by atoms with Crippen LogP contribution in [-0.2, 0) is 52.8 Å². The summed E-state index contributed by atoms with van der Waals surface area (Å²) in [6, 6.07) is 8.39. The largest absolute Gasteiger partial charge is 0.508 e. The number of carbonyl (C=O) groups excluding carboxylic acids is 5. The van der Waals surface area contributed by atoms with Crippen molar-refractivity contribution in [2.75, 3.05) is 40.4 Å². The molecule has 3 aliphatic rings. The minimum absolute atomic E-state index is 0.0209. The van der Waals surface area contributed by atoms with Gasteiger partial charge in [0, 0.05) is 74.9 Å². The molecule has 4 heterocycles. The normalized spacial score (nSPS) is 21.4. The number of benzene rings is 2. The highest BCUT2D eigenvalue weighted by Crippen LogP contribution is 2.41. The van der Waals surface area contributed by atoms with Gasteiger partial charge in [0.2, 0.25) is 17.7 Å². The Morgan fingerprint density at radius 2 is 1.82 bits per heavy atom. The molecule has 15 nitrogen and oxygen atoms in total. The van der Waals surface area contributed by atoms with E-state index in [1.54, 1.807) is 37.4 Å². The fourth-order valence-corrected chi connectivity index (χ4v) is 9.88. The molecular formula is C52H69N7O8. The Balaban J connectivity index is 1.47. The molecule has 67 heavy (non-hydrogen) atoms. The average molecular weight is 920 g/mol. The topological polar surface area (TPSA) is 175 Å². The Bertz CT molecular complexity index is 2470. The summed E-state index contributed by atoms with van der Waals surface area (Å²) in [6.45, 7) is 23.1. The predicted molar refractivity (Wildman–Crippen MR) is 261 cm³/mol. The number of aliphatic imine (C=N–C) groups is 1. The molecular weight excluding hydrogens is 851 g/mol. The van der Waals surface area contributed by atoms with Crippen molar-refractivity contribution in [2.24, 2.45) is 22.2 Å². The van der Waals surface area contributed by atoms with Crippen LogP contribution in [0.5, 0.6) is 5.75 Å². The predicted octanol–water partition coefficient (Wildman–Crippen LogP) is 6.22. The summed E-state index contributed by atoms with van der Waals surface area (Å²) >= 11 is 0. The van der Waals surface area contributed by atoms with Crippen LogP contribution in [0.3, 0.4) is 0 Å². The van der Waals surface area contributed by atoms with E-state index in [1.165, 1.54) is 16.0 Å². The molecule has 3 aliphatic heterocycles. The van der Waals surface area contributed by atoms with E-state index in [0.29, 0.717) is 49.9 Å². The lowest BCUT2D eigenvalue weighted by molar-refractivity contribution is -0.155. The van der Waals surface area contributed by atoms with E-state index in [4.69, 9.17) is 14.5 Å². The summed E-state index contributed by atoms with van der Waals surface area (Å²) in [4.78, 5) is 77.2. The lowest BCUT2D eigenvalue weighted by atomic mass is 9.84. The van der Waals surface area contributed by atoms with Gasteiger partial charge in [-0.05, 0) is 105 Å². The molecule has 360 valence electrons. The van der Waals surface area contributed by atoms with E-state index in [0.717, 1.165) is 39.0 Å². The molecule has 3 N–H and O–H groups in total. The zero-order chi connectivity index (χ0) is 48.9.